The molecule has 1 rings (SSSR count). The molecule has 2 amide bonds. The summed E-state index contributed by atoms with van der Waals surface area (Å²) < 4.78 is 5.10. The van der Waals surface area contributed by atoms with Gasteiger partial charge in [0.25, 0.3) is 0 Å². The van der Waals surface area contributed by atoms with E-state index < -0.39 is 0 Å². The molecule has 0 aliphatic carbocycles. The molecule has 0 saturated carbocycles. The van der Waals surface area contributed by atoms with Crippen molar-refractivity contribution in [2.75, 3.05) is 13.7 Å². The van der Waals surface area contributed by atoms with Gasteiger partial charge in [-0.05, 0) is 0 Å². The van der Waals surface area contributed by atoms with E-state index in [0.717, 1.165) is 0 Å². The number of urea groups is 1. The Bertz CT molecular complexity index is 168. The summed E-state index contributed by atoms with van der Waals surface area (Å²) in [6, 6.07) is -0.156. The maximum Gasteiger partial charge on any atom is 0.316 e. The summed E-state index contributed by atoms with van der Waals surface area (Å²) >= 11 is 0. The summed E-state index contributed by atoms with van der Waals surface area (Å²) in [6.07, 6.45) is -0.184. The minimum atomic E-state index is -0.184. The Kier molecular flexibility index (Phi) is 2.04. The number of amides is 2. The lowest BCUT2D eigenvalue weighted by Crippen LogP contribution is -2.59. The molecule has 11 heavy (non-hydrogen) atoms. The van der Waals surface area contributed by atoms with Crippen LogP contribution in [0.25, 0.3) is 0 Å². The molecule has 0 aromatic carbocycles. The van der Waals surface area contributed by atoms with Crippen molar-refractivity contribution in [2.24, 2.45) is 5.41 Å². The molecule has 0 aromatic rings. The topological polar surface area (TPSA) is 50.4 Å². The van der Waals surface area contributed by atoms with Gasteiger partial charge in [-0.1, -0.05) is 13.8 Å². The molecule has 0 aromatic heterocycles. The fourth-order valence-corrected chi connectivity index (χ4v) is 1.14. The van der Waals surface area contributed by atoms with Crippen LogP contribution >= 0.6 is 0 Å². The fourth-order valence-electron chi connectivity index (χ4n) is 1.14. The van der Waals surface area contributed by atoms with Crippen LogP contribution in [0.5, 0.6) is 0 Å². The Balaban J connectivity index is 2.63. The van der Waals surface area contributed by atoms with E-state index in [1.807, 2.05) is 13.8 Å². The number of ether oxygens (including phenoxy) is 1. The molecule has 1 fully saturated rings. The van der Waals surface area contributed by atoms with Gasteiger partial charge in [0, 0.05) is 19.1 Å². The van der Waals surface area contributed by atoms with Crippen molar-refractivity contribution in [3.05, 3.63) is 0 Å². The van der Waals surface area contributed by atoms with Crippen molar-refractivity contribution in [2.45, 2.75) is 20.1 Å². The molecular formula is C7H14N2O2. The van der Waals surface area contributed by atoms with Gasteiger partial charge >= 0.3 is 6.03 Å². The Hall–Kier alpha value is -0.770. The Morgan fingerprint density at radius 3 is 2.73 bits per heavy atom. The highest BCUT2D eigenvalue weighted by Gasteiger charge is 2.35. The summed E-state index contributed by atoms with van der Waals surface area (Å²) in [6.45, 7) is 4.72. The standard InChI is InChI=1S/C7H14N2O2/c1-7(2)4-8-6(10)9-5(7)11-3/h5H,4H2,1-3H3,(H2,8,9,10). The van der Waals surface area contributed by atoms with Crippen molar-refractivity contribution < 1.29 is 9.53 Å². The second-order valence-electron chi connectivity index (χ2n) is 3.43. The summed E-state index contributed by atoms with van der Waals surface area (Å²) in [5.74, 6) is 0. The average molecular weight is 158 g/mol. The highest BCUT2D eigenvalue weighted by atomic mass is 16.5. The second-order valence-corrected chi connectivity index (χ2v) is 3.43. The summed E-state index contributed by atoms with van der Waals surface area (Å²) in [7, 11) is 1.60. The number of hydrogen-bond donors (Lipinski definition) is 2. The van der Waals surface area contributed by atoms with Gasteiger partial charge in [0.1, 0.15) is 6.23 Å². The van der Waals surface area contributed by atoms with E-state index in [2.05, 4.69) is 10.6 Å². The van der Waals surface area contributed by atoms with Crippen LogP contribution in [0.2, 0.25) is 0 Å². The number of nitrogens with one attached hydrogen (secondary N) is 2. The van der Waals surface area contributed by atoms with Crippen LogP contribution in [0, 0.1) is 5.41 Å². The summed E-state index contributed by atoms with van der Waals surface area (Å²) in [4.78, 5) is 10.8. The largest absolute Gasteiger partial charge is 0.361 e. The first-order valence-electron chi connectivity index (χ1n) is 3.63. The Morgan fingerprint density at radius 2 is 2.27 bits per heavy atom. The first-order valence-corrected chi connectivity index (χ1v) is 3.63. The van der Waals surface area contributed by atoms with Gasteiger partial charge in [0.05, 0.1) is 0 Å². The van der Waals surface area contributed by atoms with Gasteiger partial charge in [-0.25, -0.2) is 4.79 Å². The van der Waals surface area contributed by atoms with Gasteiger partial charge in [0.15, 0.2) is 0 Å². The first kappa shape index (κ1) is 8.33. The van der Waals surface area contributed by atoms with Crippen LogP contribution in [0.1, 0.15) is 13.8 Å². The predicted octanol–water partition coefficient (Wildman–Crippen LogP) is 0.298. The third-order valence-corrected chi connectivity index (χ3v) is 1.91. The van der Waals surface area contributed by atoms with Gasteiger partial charge in [0.2, 0.25) is 0 Å². The van der Waals surface area contributed by atoms with E-state index in [-0.39, 0.29) is 17.7 Å². The van der Waals surface area contributed by atoms with Crippen LogP contribution < -0.4 is 10.6 Å². The van der Waals surface area contributed by atoms with Crippen molar-refractivity contribution in [1.82, 2.24) is 10.6 Å². The molecule has 0 bridgehead atoms. The number of carbonyl (C=O) groups excluding carboxylic acids is 1. The van der Waals surface area contributed by atoms with Crippen molar-refractivity contribution in [3.63, 3.8) is 0 Å². The quantitative estimate of drug-likeness (QED) is 0.576. The van der Waals surface area contributed by atoms with Gasteiger partial charge in [-0.3, -0.25) is 0 Å². The molecule has 64 valence electrons. The van der Waals surface area contributed by atoms with Crippen LogP contribution in [0.3, 0.4) is 0 Å². The van der Waals surface area contributed by atoms with E-state index in [1.54, 1.807) is 7.11 Å². The molecule has 4 nitrogen and oxygen atoms in total. The van der Waals surface area contributed by atoms with E-state index in [0.29, 0.717) is 6.54 Å². The van der Waals surface area contributed by atoms with Crippen molar-refractivity contribution in [1.29, 1.82) is 0 Å². The number of rotatable bonds is 1. The number of methoxy groups -OCH3 is 1. The van der Waals surface area contributed by atoms with Crippen molar-refractivity contribution >= 4 is 6.03 Å². The zero-order chi connectivity index (χ0) is 8.48. The van der Waals surface area contributed by atoms with Gasteiger partial charge < -0.3 is 15.4 Å². The number of carbonyl (C=O) groups is 1. The van der Waals surface area contributed by atoms with E-state index in [1.165, 1.54) is 0 Å². The molecule has 1 atom stereocenters. The van der Waals surface area contributed by atoms with Crippen molar-refractivity contribution in [3.8, 4) is 0 Å². The highest BCUT2D eigenvalue weighted by molar-refractivity contribution is 5.75. The minimum absolute atomic E-state index is 0.0390. The molecule has 1 heterocycles. The van der Waals surface area contributed by atoms with Crippen LogP contribution in [-0.4, -0.2) is 25.9 Å². The van der Waals surface area contributed by atoms with E-state index >= 15 is 0 Å². The lowest BCUT2D eigenvalue weighted by molar-refractivity contribution is -0.0188. The SMILES string of the molecule is COC1NC(=O)NCC1(C)C. The molecule has 0 spiro atoms. The maximum absolute atomic E-state index is 10.8. The molecular weight excluding hydrogens is 144 g/mol. The van der Waals surface area contributed by atoms with Gasteiger partial charge in [-0.15, -0.1) is 0 Å². The Morgan fingerprint density at radius 1 is 1.64 bits per heavy atom. The van der Waals surface area contributed by atoms with Crippen LogP contribution in [0.4, 0.5) is 4.79 Å². The fraction of sp³-hybridized carbons (Fsp3) is 0.857. The third-order valence-electron chi connectivity index (χ3n) is 1.91. The summed E-state index contributed by atoms with van der Waals surface area (Å²) in [5.41, 5.74) is -0.0390. The van der Waals surface area contributed by atoms with Crippen LogP contribution in [-0.2, 0) is 4.74 Å². The normalized spacial score (nSPS) is 29.0. The molecule has 2 N–H and O–H groups in total. The highest BCUT2D eigenvalue weighted by Crippen LogP contribution is 2.22. The van der Waals surface area contributed by atoms with Gasteiger partial charge in [-0.2, -0.15) is 0 Å². The summed E-state index contributed by atoms with van der Waals surface area (Å²) in [5, 5.41) is 5.39. The smallest absolute Gasteiger partial charge is 0.316 e. The molecule has 1 aliphatic heterocycles. The monoisotopic (exact) mass is 158 g/mol. The molecule has 0 radical (unpaired) electrons. The molecule has 1 unspecified atom stereocenters. The minimum Gasteiger partial charge on any atom is -0.361 e. The van der Waals surface area contributed by atoms with Crippen LogP contribution in [0.15, 0.2) is 0 Å². The Labute approximate surface area is 66.3 Å². The third kappa shape index (κ3) is 1.63. The molecule has 4 heteroatoms. The average Bonchev–Trinajstić information content (AvgIpc) is 1.94. The zero-order valence-electron chi connectivity index (χ0n) is 7.10. The maximum atomic E-state index is 10.8. The molecule has 1 saturated heterocycles. The predicted molar refractivity (Wildman–Crippen MR) is 41.1 cm³/mol. The first-order chi connectivity index (χ1) is 5.06. The lowest BCUT2D eigenvalue weighted by atomic mass is 9.89. The number of hydrogen-bond acceptors (Lipinski definition) is 2. The molecule has 1 aliphatic rings. The van der Waals surface area contributed by atoms with E-state index in [9.17, 15) is 4.79 Å². The van der Waals surface area contributed by atoms with E-state index in [4.69, 9.17) is 4.74 Å². The zero-order valence-corrected chi connectivity index (χ0v) is 7.10. The lowest BCUT2D eigenvalue weighted by Gasteiger charge is -2.37. The second kappa shape index (κ2) is 2.70.